The lowest BCUT2D eigenvalue weighted by atomic mass is 9.86. The number of amides is 1. The molecule has 2 unspecified atom stereocenters. The molecular weight excluding hydrogens is 344 g/mol. The Morgan fingerprint density at radius 2 is 2.16 bits per heavy atom. The monoisotopic (exact) mass is 362 g/mol. The van der Waals surface area contributed by atoms with E-state index in [2.05, 4.69) is 17.6 Å². The van der Waals surface area contributed by atoms with E-state index in [1.807, 2.05) is 6.07 Å². The first-order valence-electron chi connectivity index (χ1n) is 8.04. The lowest BCUT2D eigenvalue weighted by Crippen LogP contribution is -2.34. The van der Waals surface area contributed by atoms with Crippen LogP contribution in [0.25, 0.3) is 0 Å². The Hall–Kier alpha value is -2.59. The minimum atomic E-state index is -0.666. The Morgan fingerprint density at radius 3 is 2.80 bits per heavy atom. The molecule has 0 spiro atoms. The van der Waals surface area contributed by atoms with Crippen LogP contribution in [0.15, 0.2) is 30.0 Å². The van der Waals surface area contributed by atoms with E-state index in [0.29, 0.717) is 5.92 Å². The van der Waals surface area contributed by atoms with Crippen molar-refractivity contribution in [2.45, 2.75) is 38.6 Å². The Labute approximate surface area is 150 Å². The van der Waals surface area contributed by atoms with Gasteiger partial charge in [0.1, 0.15) is 11.6 Å². The Morgan fingerprint density at radius 1 is 1.44 bits per heavy atom. The Kier molecular flexibility index (Phi) is 6.37. The third kappa shape index (κ3) is 4.94. The van der Waals surface area contributed by atoms with Crippen molar-refractivity contribution in [2.75, 3.05) is 5.32 Å². The molecule has 1 saturated carbocycles. The van der Waals surface area contributed by atoms with E-state index in [1.165, 1.54) is 24.8 Å². The predicted octanol–water partition coefficient (Wildman–Crippen LogP) is 3.76. The van der Waals surface area contributed by atoms with Crippen LogP contribution < -0.4 is 10.6 Å². The second-order valence-electron chi connectivity index (χ2n) is 6.08. The number of halogens is 1. The third-order valence-corrected chi connectivity index (χ3v) is 4.66. The molecule has 1 amide bonds. The molecule has 1 aliphatic carbocycles. The van der Waals surface area contributed by atoms with E-state index in [-0.39, 0.29) is 28.0 Å². The first-order chi connectivity index (χ1) is 11.9. The quantitative estimate of drug-likeness (QED) is 0.359. The van der Waals surface area contributed by atoms with Crippen molar-refractivity contribution in [1.29, 1.82) is 5.26 Å². The average Bonchev–Trinajstić information content (AvgIpc) is 2.58. The molecule has 132 valence electrons. The minimum Gasteiger partial charge on any atom is -0.387 e. The molecule has 2 atom stereocenters. The normalized spacial score (nSPS) is 20.4. The molecule has 0 heterocycles. The largest absolute Gasteiger partial charge is 0.387 e. The van der Waals surface area contributed by atoms with Gasteiger partial charge in [0, 0.05) is 24.4 Å². The number of rotatable bonds is 5. The first kappa shape index (κ1) is 18.7. The second kappa shape index (κ2) is 8.49. The summed E-state index contributed by atoms with van der Waals surface area (Å²) in [5, 5.41) is 25.8. The number of nitro benzene ring substituents is 1. The van der Waals surface area contributed by atoms with Gasteiger partial charge in [0.05, 0.1) is 15.6 Å². The molecule has 1 fully saturated rings. The topological polar surface area (TPSA) is 108 Å². The molecule has 25 heavy (non-hydrogen) atoms. The number of nitro groups is 1. The van der Waals surface area contributed by atoms with Gasteiger partial charge in [0.15, 0.2) is 0 Å². The number of nitriles is 1. The average molecular weight is 363 g/mol. The summed E-state index contributed by atoms with van der Waals surface area (Å²) in [6.07, 6.45) is 5.83. The van der Waals surface area contributed by atoms with E-state index < -0.39 is 10.8 Å². The fraction of sp³-hybridized carbons (Fsp3) is 0.412. The summed E-state index contributed by atoms with van der Waals surface area (Å²) in [5.41, 5.74) is -0.218. The number of benzene rings is 1. The van der Waals surface area contributed by atoms with E-state index in [9.17, 15) is 20.2 Å². The van der Waals surface area contributed by atoms with Crippen molar-refractivity contribution in [2.24, 2.45) is 5.92 Å². The van der Waals surface area contributed by atoms with E-state index in [0.717, 1.165) is 25.3 Å². The van der Waals surface area contributed by atoms with E-state index in [4.69, 9.17) is 11.6 Å². The molecule has 2 N–H and O–H groups in total. The number of carbonyl (C=O) groups excluding carboxylic acids is 1. The Balaban J connectivity index is 2.09. The van der Waals surface area contributed by atoms with Crippen LogP contribution in [-0.2, 0) is 4.79 Å². The van der Waals surface area contributed by atoms with Gasteiger partial charge in [0.2, 0.25) is 0 Å². The smallest absolute Gasteiger partial charge is 0.271 e. The van der Waals surface area contributed by atoms with E-state index in [1.54, 1.807) is 0 Å². The molecule has 0 aliphatic heterocycles. The van der Waals surface area contributed by atoms with Crippen molar-refractivity contribution in [3.63, 3.8) is 0 Å². The number of carbonyl (C=O) groups is 1. The van der Waals surface area contributed by atoms with Crippen molar-refractivity contribution < 1.29 is 9.72 Å². The maximum Gasteiger partial charge on any atom is 0.271 e. The van der Waals surface area contributed by atoms with Crippen LogP contribution in [0, 0.1) is 27.4 Å². The summed E-state index contributed by atoms with van der Waals surface area (Å²) >= 11 is 5.96. The summed E-state index contributed by atoms with van der Waals surface area (Å²) < 4.78 is 0. The standard InChI is InChI=1S/C17H19ClN4O3/c1-11-4-2-3-5-15(11)20-10-12(9-19)17(23)21-16-8-13(22(24)25)6-7-14(16)18/h6-8,10-11,15,20H,2-5H2,1H3,(H,21,23)/b12-10-. The van der Waals surface area contributed by atoms with Crippen molar-refractivity contribution in [3.8, 4) is 6.07 Å². The van der Waals surface area contributed by atoms with Gasteiger partial charge in [-0.25, -0.2) is 0 Å². The van der Waals surface area contributed by atoms with Gasteiger partial charge in [-0.1, -0.05) is 31.4 Å². The van der Waals surface area contributed by atoms with E-state index >= 15 is 0 Å². The van der Waals surface area contributed by atoms with Crippen LogP contribution in [0.5, 0.6) is 0 Å². The molecule has 7 nitrogen and oxygen atoms in total. The number of nitrogens with one attached hydrogen (secondary N) is 2. The van der Waals surface area contributed by atoms with Gasteiger partial charge in [-0.2, -0.15) is 5.26 Å². The van der Waals surface area contributed by atoms with Crippen molar-refractivity contribution >= 4 is 28.9 Å². The summed E-state index contributed by atoms with van der Waals surface area (Å²) in [7, 11) is 0. The lowest BCUT2D eigenvalue weighted by molar-refractivity contribution is -0.384. The molecule has 0 aromatic heterocycles. The number of anilines is 1. The van der Waals surface area contributed by atoms with Crippen LogP contribution in [0.2, 0.25) is 5.02 Å². The third-order valence-electron chi connectivity index (χ3n) is 4.33. The number of hydrogen-bond donors (Lipinski definition) is 2. The Bertz CT molecular complexity index is 742. The first-order valence-corrected chi connectivity index (χ1v) is 8.41. The highest BCUT2D eigenvalue weighted by atomic mass is 35.5. The van der Waals surface area contributed by atoms with Gasteiger partial charge < -0.3 is 10.6 Å². The summed E-state index contributed by atoms with van der Waals surface area (Å²) in [6.45, 7) is 2.14. The maximum atomic E-state index is 12.3. The molecule has 1 aliphatic rings. The molecule has 0 radical (unpaired) electrons. The zero-order chi connectivity index (χ0) is 18.4. The molecule has 1 aromatic rings. The summed E-state index contributed by atoms with van der Waals surface area (Å²) in [6, 6.07) is 5.80. The van der Waals surface area contributed by atoms with Crippen LogP contribution in [0.1, 0.15) is 32.6 Å². The highest BCUT2D eigenvalue weighted by Gasteiger charge is 2.21. The number of non-ortho nitro benzene ring substituents is 1. The highest BCUT2D eigenvalue weighted by Crippen LogP contribution is 2.27. The second-order valence-corrected chi connectivity index (χ2v) is 6.49. The fourth-order valence-corrected chi connectivity index (χ4v) is 2.98. The molecule has 0 bridgehead atoms. The SMILES string of the molecule is CC1CCCCC1N/C=C(/C#N)C(=O)Nc1cc([N+](=O)[O-])ccc1Cl. The van der Waals surface area contributed by atoms with Gasteiger partial charge in [-0.3, -0.25) is 14.9 Å². The van der Waals surface area contributed by atoms with Gasteiger partial charge in [-0.05, 0) is 24.8 Å². The maximum absolute atomic E-state index is 12.3. The number of nitrogens with zero attached hydrogens (tertiary/aromatic N) is 2. The highest BCUT2D eigenvalue weighted by molar-refractivity contribution is 6.34. The van der Waals surface area contributed by atoms with Crippen LogP contribution in [0.4, 0.5) is 11.4 Å². The molecule has 1 aromatic carbocycles. The zero-order valence-electron chi connectivity index (χ0n) is 13.8. The van der Waals surface area contributed by atoms with Crippen molar-refractivity contribution in [1.82, 2.24) is 5.32 Å². The van der Waals surface area contributed by atoms with Crippen LogP contribution in [0.3, 0.4) is 0 Å². The number of hydrogen-bond acceptors (Lipinski definition) is 5. The van der Waals surface area contributed by atoms with Crippen LogP contribution >= 0.6 is 11.6 Å². The summed E-state index contributed by atoms with van der Waals surface area (Å²) in [5.74, 6) is -0.194. The lowest BCUT2D eigenvalue weighted by Gasteiger charge is -2.29. The van der Waals surface area contributed by atoms with Crippen LogP contribution in [-0.4, -0.2) is 16.9 Å². The van der Waals surface area contributed by atoms with Gasteiger partial charge in [-0.15, -0.1) is 0 Å². The molecule has 2 rings (SSSR count). The minimum absolute atomic E-state index is 0.0908. The van der Waals surface area contributed by atoms with Crippen molar-refractivity contribution in [3.05, 3.63) is 45.1 Å². The van der Waals surface area contributed by atoms with Gasteiger partial charge in [0.25, 0.3) is 11.6 Å². The van der Waals surface area contributed by atoms with Gasteiger partial charge >= 0.3 is 0 Å². The zero-order valence-corrected chi connectivity index (χ0v) is 14.5. The fourth-order valence-electron chi connectivity index (χ4n) is 2.82. The summed E-state index contributed by atoms with van der Waals surface area (Å²) in [4.78, 5) is 22.5. The molecule has 8 heteroatoms. The molecule has 0 saturated heterocycles. The molecular formula is C17H19ClN4O3. The predicted molar refractivity (Wildman–Crippen MR) is 95.0 cm³/mol.